The number of nitrogens with zero attached hydrogens (tertiary/aromatic N) is 3. The molecule has 2 aromatic heterocycles. The number of hydrogen-bond donors (Lipinski definition) is 1. The summed E-state index contributed by atoms with van der Waals surface area (Å²) in [5.74, 6) is -1.79. The molecule has 1 aliphatic rings. The van der Waals surface area contributed by atoms with Crippen molar-refractivity contribution in [3.05, 3.63) is 111 Å². The molecule has 0 saturated carbocycles. The van der Waals surface area contributed by atoms with Crippen molar-refractivity contribution in [2.75, 3.05) is 13.7 Å². The number of esters is 2. The van der Waals surface area contributed by atoms with E-state index in [1.807, 2.05) is 47.2 Å². The van der Waals surface area contributed by atoms with Gasteiger partial charge in [0.1, 0.15) is 6.61 Å². The third-order valence-corrected chi connectivity index (χ3v) is 6.43. The Balaban J connectivity index is 1.47. The number of aromatic nitrogens is 3. The minimum atomic E-state index is -0.721. The Labute approximate surface area is 223 Å². The van der Waals surface area contributed by atoms with E-state index >= 15 is 0 Å². The smallest absolute Gasteiger partial charge is 0.337 e. The number of benzene rings is 1. The lowest BCUT2D eigenvalue weighted by atomic mass is 9.83. The summed E-state index contributed by atoms with van der Waals surface area (Å²) in [6.07, 6.45) is 10.8. The van der Waals surface area contributed by atoms with Crippen LogP contribution in [-0.2, 0) is 25.6 Å². The highest BCUT2D eigenvalue weighted by molar-refractivity contribution is 9.10. The number of ether oxygens (including phenoxy) is 2. The van der Waals surface area contributed by atoms with Gasteiger partial charge < -0.3 is 19.4 Å². The van der Waals surface area contributed by atoms with Gasteiger partial charge in [0.25, 0.3) is 0 Å². The molecule has 1 aliphatic heterocycles. The highest BCUT2D eigenvalue weighted by atomic mass is 79.9. The number of hydrogen-bond acceptors (Lipinski definition) is 7. The first-order valence-corrected chi connectivity index (χ1v) is 12.4. The van der Waals surface area contributed by atoms with Crippen molar-refractivity contribution in [1.82, 2.24) is 19.9 Å². The molecule has 8 nitrogen and oxygen atoms in total. The molecule has 1 aromatic carbocycles. The maximum Gasteiger partial charge on any atom is 0.337 e. The number of allylic oxidation sites excluding steroid dienone is 2. The zero-order valence-electron chi connectivity index (χ0n) is 20.8. The minimum Gasteiger partial charge on any atom is -0.466 e. The van der Waals surface area contributed by atoms with Crippen LogP contribution in [0.25, 0.3) is 6.08 Å². The number of carbonyl (C=O) groups excluding carboxylic acids is 2. The average molecular weight is 563 g/mol. The Hall–Kier alpha value is -3.98. The molecule has 0 spiro atoms. The molecule has 1 atom stereocenters. The van der Waals surface area contributed by atoms with Gasteiger partial charge in [-0.15, -0.1) is 0 Å². The van der Waals surface area contributed by atoms with Gasteiger partial charge in [0.15, 0.2) is 0 Å². The molecular formula is C28H27BrN4O4. The molecule has 0 saturated heterocycles. The number of nitrogens with one attached hydrogen (secondary N) is 1. The molecule has 3 heterocycles. The molecule has 1 N–H and O–H groups in total. The highest BCUT2D eigenvalue weighted by Gasteiger charge is 2.38. The van der Waals surface area contributed by atoms with E-state index in [0.29, 0.717) is 28.2 Å². The number of methoxy groups -OCH3 is 1. The monoisotopic (exact) mass is 562 g/mol. The van der Waals surface area contributed by atoms with Crippen molar-refractivity contribution in [1.29, 1.82) is 0 Å². The van der Waals surface area contributed by atoms with Crippen LogP contribution in [0.15, 0.2) is 94.4 Å². The van der Waals surface area contributed by atoms with Gasteiger partial charge in [-0.05, 0) is 59.1 Å². The molecule has 190 valence electrons. The Kier molecular flexibility index (Phi) is 8.35. The molecule has 0 bridgehead atoms. The molecular weight excluding hydrogens is 536 g/mol. The van der Waals surface area contributed by atoms with E-state index in [1.54, 1.807) is 44.7 Å². The van der Waals surface area contributed by atoms with Gasteiger partial charge in [-0.1, -0.05) is 30.3 Å². The second-order valence-corrected chi connectivity index (χ2v) is 9.42. The number of dihydropyridines is 1. The molecule has 0 amide bonds. The van der Waals surface area contributed by atoms with Crippen LogP contribution < -0.4 is 5.32 Å². The van der Waals surface area contributed by atoms with E-state index in [9.17, 15) is 9.59 Å². The summed E-state index contributed by atoms with van der Waals surface area (Å²) < 4.78 is 13.4. The van der Waals surface area contributed by atoms with Crippen molar-refractivity contribution in [3.8, 4) is 0 Å². The van der Waals surface area contributed by atoms with Gasteiger partial charge >= 0.3 is 11.9 Å². The Morgan fingerprint density at radius 3 is 2.43 bits per heavy atom. The van der Waals surface area contributed by atoms with Crippen LogP contribution in [0.4, 0.5) is 0 Å². The number of imidazole rings is 1. The third kappa shape index (κ3) is 6.24. The van der Waals surface area contributed by atoms with Crippen LogP contribution in [0.5, 0.6) is 0 Å². The maximum absolute atomic E-state index is 13.3. The summed E-state index contributed by atoms with van der Waals surface area (Å²) in [6.45, 7) is 4.37. The van der Waals surface area contributed by atoms with Crippen molar-refractivity contribution in [2.24, 2.45) is 0 Å². The summed E-state index contributed by atoms with van der Waals surface area (Å²) in [7, 11) is 1.31. The van der Waals surface area contributed by atoms with Gasteiger partial charge in [0, 0.05) is 41.0 Å². The lowest BCUT2D eigenvalue weighted by Crippen LogP contribution is -2.32. The van der Waals surface area contributed by atoms with Gasteiger partial charge in [-0.3, -0.25) is 4.98 Å². The lowest BCUT2D eigenvalue weighted by molar-refractivity contribution is -0.138. The van der Waals surface area contributed by atoms with Gasteiger partial charge in [0.2, 0.25) is 0 Å². The van der Waals surface area contributed by atoms with Crippen molar-refractivity contribution >= 4 is 33.9 Å². The zero-order chi connectivity index (χ0) is 26.4. The van der Waals surface area contributed by atoms with Crippen LogP contribution in [0.1, 0.15) is 36.6 Å². The first-order chi connectivity index (χ1) is 17.9. The van der Waals surface area contributed by atoms with Gasteiger partial charge in [-0.25, -0.2) is 14.6 Å². The molecule has 3 aromatic rings. The van der Waals surface area contributed by atoms with Crippen LogP contribution in [-0.4, -0.2) is 40.2 Å². The molecule has 4 rings (SSSR count). The van der Waals surface area contributed by atoms with E-state index in [4.69, 9.17) is 9.47 Å². The predicted octanol–water partition coefficient (Wildman–Crippen LogP) is 4.75. The molecule has 0 fully saturated rings. The van der Waals surface area contributed by atoms with E-state index in [2.05, 4.69) is 31.2 Å². The first kappa shape index (κ1) is 26.1. The third-order valence-electron chi connectivity index (χ3n) is 5.96. The average Bonchev–Trinajstić information content (AvgIpc) is 3.40. The number of carbonyl (C=O) groups is 2. The maximum atomic E-state index is 13.3. The number of halogens is 1. The second-order valence-electron chi connectivity index (χ2n) is 8.51. The quantitative estimate of drug-likeness (QED) is 0.395. The van der Waals surface area contributed by atoms with Gasteiger partial charge in [-0.2, -0.15) is 0 Å². The molecule has 9 heteroatoms. The topological polar surface area (TPSA) is 95.3 Å². The molecule has 0 aliphatic carbocycles. The Morgan fingerprint density at radius 2 is 1.81 bits per heavy atom. The highest BCUT2D eigenvalue weighted by Crippen LogP contribution is 2.38. The largest absolute Gasteiger partial charge is 0.466 e. The van der Waals surface area contributed by atoms with Gasteiger partial charge in [0.05, 0.1) is 36.2 Å². The summed E-state index contributed by atoms with van der Waals surface area (Å²) in [6, 6.07) is 11.7. The SMILES string of the molecule is COC(=O)C1=C(C)NC(C)=C(C(=O)OC/C=C/c2ccc(Cn3ccnc3)cc2)C1c1ccc(Br)cn1. The van der Waals surface area contributed by atoms with E-state index in [0.717, 1.165) is 22.1 Å². The van der Waals surface area contributed by atoms with Crippen LogP contribution in [0.2, 0.25) is 0 Å². The van der Waals surface area contributed by atoms with E-state index in [1.165, 1.54) is 7.11 Å². The first-order valence-electron chi connectivity index (χ1n) is 11.6. The van der Waals surface area contributed by atoms with E-state index in [-0.39, 0.29) is 6.61 Å². The predicted molar refractivity (Wildman–Crippen MR) is 143 cm³/mol. The summed E-state index contributed by atoms with van der Waals surface area (Å²) in [5.41, 5.74) is 4.53. The van der Waals surface area contributed by atoms with Crippen LogP contribution >= 0.6 is 15.9 Å². The number of rotatable bonds is 8. The zero-order valence-corrected chi connectivity index (χ0v) is 22.4. The van der Waals surface area contributed by atoms with Crippen molar-refractivity contribution in [3.63, 3.8) is 0 Å². The molecule has 0 radical (unpaired) electrons. The number of pyridine rings is 1. The molecule has 37 heavy (non-hydrogen) atoms. The minimum absolute atomic E-state index is 0.0726. The standard InChI is InChI=1S/C28H27BrN4O4/c1-18-24(27(34)36-3)26(23-11-10-22(29)15-31-23)25(19(2)32-18)28(35)37-14-4-5-20-6-8-21(9-7-20)16-33-13-12-30-17-33/h4-13,15,17,26,32H,14,16H2,1-3H3/b5-4+. The fourth-order valence-corrected chi connectivity index (χ4v) is 4.44. The fraction of sp³-hybridized carbons (Fsp3) is 0.214. The second kappa shape index (κ2) is 11.8. The Bertz CT molecular complexity index is 1360. The fourth-order valence-electron chi connectivity index (χ4n) is 4.21. The summed E-state index contributed by atoms with van der Waals surface area (Å²) >= 11 is 3.38. The normalized spacial score (nSPS) is 15.6. The summed E-state index contributed by atoms with van der Waals surface area (Å²) in [4.78, 5) is 34.5. The van der Waals surface area contributed by atoms with Crippen molar-refractivity contribution < 1.29 is 19.1 Å². The van der Waals surface area contributed by atoms with Crippen LogP contribution in [0, 0.1) is 0 Å². The molecule has 1 unspecified atom stereocenters. The van der Waals surface area contributed by atoms with E-state index < -0.39 is 17.9 Å². The van der Waals surface area contributed by atoms with Crippen LogP contribution in [0.3, 0.4) is 0 Å². The Morgan fingerprint density at radius 1 is 1.08 bits per heavy atom. The lowest BCUT2D eigenvalue weighted by Gasteiger charge is -2.29. The summed E-state index contributed by atoms with van der Waals surface area (Å²) in [5, 5.41) is 3.12. The van der Waals surface area contributed by atoms with Crippen molar-refractivity contribution in [2.45, 2.75) is 26.3 Å².